The van der Waals surface area contributed by atoms with Crippen LogP contribution in [0.25, 0.3) is 0 Å². The number of hydrogen-bond acceptors (Lipinski definition) is 4. The second kappa shape index (κ2) is 12.7. The summed E-state index contributed by atoms with van der Waals surface area (Å²) in [5, 5.41) is 29.1. The SMILES string of the molecule is CCCCCCCCCCC(CCC(=O)O)(CCC(=O)O)[N+](=O)[O-]. The molecule has 0 rings (SSSR count). The van der Waals surface area contributed by atoms with Crippen LogP contribution in [0.3, 0.4) is 0 Å². The van der Waals surface area contributed by atoms with E-state index in [9.17, 15) is 19.7 Å². The molecule has 0 aliphatic carbocycles. The number of rotatable bonds is 16. The molecule has 7 nitrogen and oxygen atoms in total. The fraction of sp³-hybridized carbons (Fsp3) is 0.882. The third-order valence-electron chi connectivity index (χ3n) is 4.49. The van der Waals surface area contributed by atoms with Gasteiger partial charge in [0.2, 0.25) is 5.54 Å². The molecule has 0 aromatic carbocycles. The van der Waals surface area contributed by atoms with E-state index in [0.717, 1.165) is 19.3 Å². The molecule has 0 spiro atoms. The lowest BCUT2D eigenvalue weighted by Crippen LogP contribution is -2.39. The predicted octanol–water partition coefficient (Wildman–Crippen LogP) is 4.26. The number of unbranched alkanes of at least 4 members (excludes halogenated alkanes) is 7. The first-order chi connectivity index (χ1) is 11.3. The Balaban J connectivity index is 4.42. The van der Waals surface area contributed by atoms with Gasteiger partial charge < -0.3 is 10.2 Å². The molecule has 24 heavy (non-hydrogen) atoms. The average Bonchev–Trinajstić information content (AvgIpc) is 2.51. The van der Waals surface area contributed by atoms with E-state index in [4.69, 9.17) is 10.2 Å². The Bertz CT molecular complexity index is 379. The minimum atomic E-state index is -1.43. The summed E-state index contributed by atoms with van der Waals surface area (Å²) in [6, 6.07) is 0. The minimum Gasteiger partial charge on any atom is -0.481 e. The molecule has 0 fully saturated rings. The smallest absolute Gasteiger partial charge is 0.303 e. The van der Waals surface area contributed by atoms with Gasteiger partial charge in [0.25, 0.3) is 0 Å². The lowest BCUT2D eigenvalue weighted by atomic mass is 9.83. The van der Waals surface area contributed by atoms with Gasteiger partial charge >= 0.3 is 11.9 Å². The molecule has 0 atom stereocenters. The summed E-state index contributed by atoms with van der Waals surface area (Å²) < 4.78 is 0. The number of carboxylic acids is 2. The summed E-state index contributed by atoms with van der Waals surface area (Å²) in [7, 11) is 0. The highest BCUT2D eigenvalue weighted by Gasteiger charge is 2.42. The lowest BCUT2D eigenvalue weighted by Gasteiger charge is -2.24. The van der Waals surface area contributed by atoms with Gasteiger partial charge in [0.05, 0.1) is 12.8 Å². The maximum absolute atomic E-state index is 11.5. The van der Waals surface area contributed by atoms with Crippen LogP contribution in [-0.4, -0.2) is 32.6 Å². The molecule has 0 amide bonds. The van der Waals surface area contributed by atoms with Crippen LogP contribution in [0.4, 0.5) is 0 Å². The highest BCUT2D eigenvalue weighted by atomic mass is 16.6. The van der Waals surface area contributed by atoms with Crippen LogP contribution in [0, 0.1) is 10.1 Å². The van der Waals surface area contributed by atoms with Gasteiger partial charge in [0.1, 0.15) is 0 Å². The third-order valence-corrected chi connectivity index (χ3v) is 4.49. The van der Waals surface area contributed by atoms with Crippen molar-refractivity contribution in [3.8, 4) is 0 Å². The van der Waals surface area contributed by atoms with Crippen LogP contribution in [0.15, 0.2) is 0 Å². The number of carbonyl (C=O) groups is 2. The van der Waals surface area contributed by atoms with Gasteiger partial charge in [-0.25, -0.2) is 0 Å². The van der Waals surface area contributed by atoms with Gasteiger partial charge in [-0.1, -0.05) is 51.9 Å². The second-order valence-electron chi connectivity index (χ2n) is 6.49. The van der Waals surface area contributed by atoms with E-state index in [2.05, 4.69) is 6.92 Å². The zero-order valence-electron chi connectivity index (χ0n) is 14.7. The van der Waals surface area contributed by atoms with Gasteiger partial charge in [-0.2, -0.15) is 0 Å². The summed E-state index contributed by atoms with van der Waals surface area (Å²) in [6.07, 6.45) is 7.83. The van der Waals surface area contributed by atoms with Crippen LogP contribution in [0.5, 0.6) is 0 Å². The topological polar surface area (TPSA) is 118 Å². The van der Waals surface area contributed by atoms with Crippen LogP contribution in [0.2, 0.25) is 0 Å². The first-order valence-corrected chi connectivity index (χ1v) is 8.92. The van der Waals surface area contributed by atoms with Crippen LogP contribution in [0.1, 0.15) is 90.4 Å². The van der Waals surface area contributed by atoms with Crippen molar-refractivity contribution in [2.75, 3.05) is 0 Å². The van der Waals surface area contributed by atoms with Crippen molar-refractivity contribution in [3.63, 3.8) is 0 Å². The van der Waals surface area contributed by atoms with Crippen molar-refractivity contribution >= 4 is 11.9 Å². The normalized spacial score (nSPS) is 11.4. The van der Waals surface area contributed by atoms with Crippen molar-refractivity contribution in [1.29, 1.82) is 0 Å². The summed E-state index contributed by atoms with van der Waals surface area (Å²) in [4.78, 5) is 32.6. The van der Waals surface area contributed by atoms with E-state index >= 15 is 0 Å². The quantitative estimate of drug-likeness (QED) is 0.245. The van der Waals surface area contributed by atoms with Gasteiger partial charge in [0.15, 0.2) is 0 Å². The minimum absolute atomic E-state index is 0.112. The summed E-state index contributed by atoms with van der Waals surface area (Å²) in [6.45, 7) is 2.16. The molecule has 0 saturated heterocycles. The van der Waals surface area contributed by atoms with Crippen molar-refractivity contribution in [2.45, 2.75) is 95.9 Å². The molecule has 0 heterocycles. The Labute approximate surface area is 143 Å². The van der Waals surface area contributed by atoms with Crippen molar-refractivity contribution < 1.29 is 24.7 Å². The molecule has 0 aliphatic rings. The zero-order valence-corrected chi connectivity index (χ0v) is 14.7. The summed E-state index contributed by atoms with van der Waals surface area (Å²) >= 11 is 0. The van der Waals surface area contributed by atoms with Gasteiger partial charge in [-0.05, 0) is 6.42 Å². The first kappa shape index (κ1) is 22.3. The Morgan fingerprint density at radius 2 is 1.25 bits per heavy atom. The van der Waals surface area contributed by atoms with E-state index in [-0.39, 0.29) is 32.1 Å². The van der Waals surface area contributed by atoms with Crippen molar-refractivity contribution in [2.24, 2.45) is 0 Å². The summed E-state index contributed by atoms with van der Waals surface area (Å²) in [5.41, 5.74) is -1.43. The van der Waals surface area contributed by atoms with E-state index < -0.39 is 22.4 Å². The maximum atomic E-state index is 11.5. The van der Waals surface area contributed by atoms with Gasteiger partial charge in [-0.3, -0.25) is 19.7 Å². The van der Waals surface area contributed by atoms with Crippen molar-refractivity contribution in [1.82, 2.24) is 0 Å². The van der Waals surface area contributed by atoms with E-state index in [1.54, 1.807) is 0 Å². The number of nitrogens with zero attached hydrogens (tertiary/aromatic N) is 1. The molecule has 7 heteroatoms. The Morgan fingerprint density at radius 3 is 1.62 bits per heavy atom. The molecule has 0 aromatic heterocycles. The van der Waals surface area contributed by atoms with E-state index in [1.165, 1.54) is 25.7 Å². The number of hydrogen-bond donors (Lipinski definition) is 2. The van der Waals surface area contributed by atoms with E-state index in [0.29, 0.717) is 6.42 Å². The molecule has 0 saturated carbocycles. The van der Waals surface area contributed by atoms with Crippen LogP contribution < -0.4 is 0 Å². The highest BCUT2D eigenvalue weighted by Crippen LogP contribution is 2.30. The molecule has 0 aliphatic heterocycles. The molecule has 140 valence electrons. The maximum Gasteiger partial charge on any atom is 0.303 e. The Morgan fingerprint density at radius 1 is 0.833 bits per heavy atom. The van der Waals surface area contributed by atoms with Gasteiger partial charge in [0, 0.05) is 24.2 Å². The molecule has 0 radical (unpaired) electrons. The van der Waals surface area contributed by atoms with Crippen LogP contribution >= 0.6 is 0 Å². The monoisotopic (exact) mass is 345 g/mol. The average molecular weight is 345 g/mol. The second-order valence-corrected chi connectivity index (χ2v) is 6.49. The van der Waals surface area contributed by atoms with Crippen LogP contribution in [-0.2, 0) is 9.59 Å². The number of nitro groups is 1. The fourth-order valence-corrected chi connectivity index (χ4v) is 2.92. The third kappa shape index (κ3) is 10.2. The van der Waals surface area contributed by atoms with Crippen molar-refractivity contribution in [3.05, 3.63) is 10.1 Å². The first-order valence-electron chi connectivity index (χ1n) is 8.92. The van der Waals surface area contributed by atoms with E-state index in [1.807, 2.05) is 0 Å². The molecule has 0 unspecified atom stereocenters. The Kier molecular flexibility index (Phi) is 11.8. The molecular formula is C17H31NO6. The molecule has 0 aromatic rings. The largest absolute Gasteiger partial charge is 0.481 e. The fourth-order valence-electron chi connectivity index (χ4n) is 2.92. The van der Waals surface area contributed by atoms with Gasteiger partial charge in [-0.15, -0.1) is 0 Å². The standard InChI is InChI=1S/C17H31NO6/c1-2-3-4-5-6-7-8-9-12-17(18(23)24,13-10-15(19)20)14-11-16(21)22/h2-14H2,1H3,(H,19,20)(H,21,22). The zero-order chi connectivity index (χ0) is 18.4. The number of aliphatic carboxylic acids is 2. The lowest BCUT2D eigenvalue weighted by molar-refractivity contribution is -0.574. The summed E-state index contributed by atoms with van der Waals surface area (Å²) in [5.74, 6) is -2.18. The Hall–Kier alpha value is -1.66. The number of carboxylic acid groups (broad SMARTS) is 2. The molecule has 0 bridgehead atoms. The predicted molar refractivity (Wildman–Crippen MR) is 90.7 cm³/mol. The highest BCUT2D eigenvalue weighted by molar-refractivity contribution is 5.67. The molecule has 2 N–H and O–H groups in total. The molecular weight excluding hydrogens is 314 g/mol.